The predicted octanol–water partition coefficient (Wildman–Crippen LogP) is -1.02. The van der Waals surface area contributed by atoms with E-state index < -0.39 is 86.8 Å². The molecule has 0 aliphatic heterocycles. The van der Waals surface area contributed by atoms with Crippen molar-refractivity contribution in [1.29, 1.82) is 0 Å². The van der Waals surface area contributed by atoms with Crippen LogP contribution in [-0.2, 0) is 70.8 Å². The third kappa shape index (κ3) is 4.11. The van der Waals surface area contributed by atoms with Crippen LogP contribution in [0.2, 0.25) is 0 Å². The van der Waals surface area contributed by atoms with E-state index in [2.05, 4.69) is 16.1 Å². The van der Waals surface area contributed by atoms with Gasteiger partial charge in [0.15, 0.2) is 0 Å². The van der Waals surface area contributed by atoms with Gasteiger partial charge in [-0.05, 0) is 6.92 Å². The third-order valence-electron chi connectivity index (χ3n) is 3.35. The Balaban J connectivity index is 9.79. The van der Waals surface area contributed by atoms with Crippen molar-refractivity contribution >= 4 is 61.3 Å². The summed E-state index contributed by atoms with van der Waals surface area (Å²) in [5.41, 5.74) is 0. The van der Waals surface area contributed by atoms with E-state index >= 15 is 0 Å². The van der Waals surface area contributed by atoms with Gasteiger partial charge in [0, 0.05) is 6.61 Å². The molecule has 0 spiro atoms. The van der Waals surface area contributed by atoms with E-state index in [0.29, 0.717) is 0 Å². The highest BCUT2D eigenvalue weighted by molar-refractivity contribution is 8.16. The van der Waals surface area contributed by atoms with E-state index in [1.807, 2.05) is 0 Å². The van der Waals surface area contributed by atoms with Crippen molar-refractivity contribution in [2.45, 2.75) is 19.5 Å². The maximum Gasteiger partial charge on any atom is 0.412 e. The first-order valence-corrected chi connectivity index (χ1v) is 15.0. The molecule has 0 rings (SSSR count). The maximum atomic E-state index is 14.4. The van der Waals surface area contributed by atoms with Crippen LogP contribution >= 0.6 is 0 Å². The fourth-order valence-electron chi connectivity index (χ4n) is 2.51. The quantitative estimate of drug-likeness (QED) is 0.144. The molecule has 26 heteroatoms. The number of halogens is 6. The fraction of sp³-hybridized carbons (Fsp3) is 0.714. The zero-order valence-electron chi connectivity index (χ0n) is 14.9. The van der Waals surface area contributed by atoms with E-state index in [1.54, 1.807) is 0 Å². The molecule has 0 aliphatic carbocycles. The van der Waals surface area contributed by atoms with Crippen LogP contribution in [0.4, 0.5) is 23.3 Å². The first kappa shape index (κ1) is 31.8. The SMILES string of the molecule is C=COC(C(C(OCC)(S(=O)(=O)F)S(=O)(=O)F)(S(=O)(=O)F)S(=O)(=O)F)(S(=O)(=O)F)S(=O)(=O)F. The van der Waals surface area contributed by atoms with Crippen LogP contribution in [0.15, 0.2) is 12.8 Å². The monoisotopic (exact) mass is 622 g/mol. The summed E-state index contributed by atoms with van der Waals surface area (Å²) in [5, 5.41) is 0. The lowest BCUT2D eigenvalue weighted by Crippen LogP contribution is -2.80. The zero-order valence-corrected chi connectivity index (χ0v) is 19.8. The number of hydrogen-bond donors (Lipinski definition) is 0. The van der Waals surface area contributed by atoms with E-state index in [9.17, 15) is 73.8 Å². The Morgan fingerprint density at radius 3 is 1.03 bits per heavy atom. The van der Waals surface area contributed by atoms with E-state index in [1.165, 1.54) is 0 Å². The highest BCUT2D eigenvalue weighted by Gasteiger charge is 2.99. The van der Waals surface area contributed by atoms with Crippen LogP contribution in [-0.4, -0.2) is 69.7 Å². The Morgan fingerprint density at radius 2 is 0.879 bits per heavy atom. The molecule has 0 aromatic carbocycles. The summed E-state index contributed by atoms with van der Waals surface area (Å²) in [4.78, 5) is 0. The number of rotatable bonds is 12. The standard InChI is InChI=1S/C7H8F6O14S6/c1-3-26-6(30(10,18)19,31(11,20)21)5(28(8,14)15,29(9,16)17)7(27-4-2,32(12,22)23)33(13,24)25/h3H,1,4H2,2H3. The lowest BCUT2D eigenvalue weighted by atomic mass is 10.4. The average Bonchev–Trinajstić information content (AvgIpc) is 2.45. The van der Waals surface area contributed by atoms with Gasteiger partial charge < -0.3 is 9.47 Å². The fourth-order valence-corrected chi connectivity index (χ4v) is 14.6. The summed E-state index contributed by atoms with van der Waals surface area (Å²) in [6.45, 7) is 0.223. The summed E-state index contributed by atoms with van der Waals surface area (Å²) in [7, 11) is -51.3. The Kier molecular flexibility index (Phi) is 8.15. The second kappa shape index (κ2) is 8.47. The molecule has 0 N–H and O–H groups in total. The second-order valence-corrected chi connectivity index (χ2v) is 14.6. The molecule has 0 saturated heterocycles. The van der Waals surface area contributed by atoms with Crippen molar-refractivity contribution in [3.63, 3.8) is 0 Å². The summed E-state index contributed by atoms with van der Waals surface area (Å²) in [5.74, 6) is 0. The molecule has 0 saturated carbocycles. The first-order chi connectivity index (χ1) is 14.1. The molecular formula is C7H8F6O14S6. The van der Waals surface area contributed by atoms with Crippen molar-refractivity contribution in [3.05, 3.63) is 12.8 Å². The van der Waals surface area contributed by atoms with Crippen molar-refractivity contribution in [1.82, 2.24) is 0 Å². The lowest BCUT2D eigenvalue weighted by molar-refractivity contribution is 0.0204. The predicted molar refractivity (Wildman–Crippen MR) is 91.3 cm³/mol. The van der Waals surface area contributed by atoms with Crippen molar-refractivity contribution in [3.8, 4) is 0 Å². The van der Waals surface area contributed by atoms with Crippen LogP contribution < -0.4 is 0 Å². The minimum absolute atomic E-state index is 0.162. The third-order valence-corrected chi connectivity index (χ3v) is 14.7. The summed E-state index contributed by atoms with van der Waals surface area (Å²) >= 11 is 0. The van der Waals surface area contributed by atoms with Crippen molar-refractivity contribution in [2.75, 3.05) is 6.61 Å². The first-order valence-electron chi connectivity index (χ1n) is 6.70. The molecule has 33 heavy (non-hydrogen) atoms. The molecule has 0 heterocycles. The van der Waals surface area contributed by atoms with Gasteiger partial charge >= 0.3 is 73.9 Å². The zero-order chi connectivity index (χ0) is 27.3. The van der Waals surface area contributed by atoms with Gasteiger partial charge in [0.2, 0.25) is 0 Å². The average molecular weight is 623 g/mol. The second-order valence-electron chi connectivity index (χ2n) is 5.07. The minimum atomic E-state index is -8.81. The summed E-state index contributed by atoms with van der Waals surface area (Å²) in [6.07, 6.45) is -1.04. The Labute approximate surface area is 183 Å². The van der Waals surface area contributed by atoms with Crippen LogP contribution in [0.25, 0.3) is 0 Å². The van der Waals surface area contributed by atoms with Gasteiger partial charge in [-0.1, -0.05) is 6.58 Å². The van der Waals surface area contributed by atoms with Gasteiger partial charge in [-0.25, -0.2) is 0 Å². The molecule has 198 valence electrons. The van der Waals surface area contributed by atoms with Gasteiger partial charge in [-0.3, -0.25) is 0 Å². The maximum absolute atomic E-state index is 14.4. The highest BCUT2D eigenvalue weighted by Crippen LogP contribution is 2.60. The molecule has 0 aromatic heterocycles. The highest BCUT2D eigenvalue weighted by atomic mass is 32.3. The number of ether oxygens (including phenoxy) is 2. The molecule has 0 radical (unpaired) electrons. The minimum Gasteiger partial charge on any atom is -0.460 e. The molecule has 0 atom stereocenters. The van der Waals surface area contributed by atoms with E-state index in [0.717, 1.165) is 0 Å². The van der Waals surface area contributed by atoms with Gasteiger partial charge in [0.25, 0.3) is 0 Å². The molecule has 0 aliphatic rings. The molecule has 0 aromatic rings. The number of hydrogen-bond acceptors (Lipinski definition) is 14. The normalized spacial score (nSPS) is 15.7. The van der Waals surface area contributed by atoms with E-state index in [4.69, 9.17) is 0 Å². The van der Waals surface area contributed by atoms with Gasteiger partial charge in [-0.2, -0.15) is 50.5 Å². The topological polar surface area (TPSA) is 223 Å². The summed E-state index contributed by atoms with van der Waals surface area (Å²) < 4.78 is 209. The van der Waals surface area contributed by atoms with Gasteiger partial charge in [0.1, 0.15) is 0 Å². The molecule has 0 fully saturated rings. The Hall–Kier alpha value is -1.22. The molecule has 0 unspecified atom stereocenters. The largest absolute Gasteiger partial charge is 0.460 e. The molecule has 0 amide bonds. The van der Waals surface area contributed by atoms with Gasteiger partial charge in [0.05, 0.1) is 6.26 Å². The lowest BCUT2D eigenvalue weighted by Gasteiger charge is -2.43. The van der Waals surface area contributed by atoms with Crippen LogP contribution in [0.3, 0.4) is 0 Å². The van der Waals surface area contributed by atoms with Crippen LogP contribution in [0, 0.1) is 0 Å². The van der Waals surface area contributed by atoms with Crippen molar-refractivity contribution in [2.24, 2.45) is 0 Å². The summed E-state index contributed by atoms with van der Waals surface area (Å²) in [6, 6.07) is 0. The van der Waals surface area contributed by atoms with Crippen molar-refractivity contribution < 1.29 is 83.3 Å². The smallest absolute Gasteiger partial charge is 0.412 e. The molecular weight excluding hydrogens is 614 g/mol. The Bertz CT molecular complexity index is 1360. The van der Waals surface area contributed by atoms with Crippen LogP contribution in [0.5, 0.6) is 0 Å². The Morgan fingerprint density at radius 1 is 0.606 bits per heavy atom. The molecule has 14 nitrogen and oxygen atoms in total. The van der Waals surface area contributed by atoms with Gasteiger partial charge in [-0.15, -0.1) is 23.3 Å². The van der Waals surface area contributed by atoms with Crippen LogP contribution in [0.1, 0.15) is 6.92 Å². The molecule has 0 bridgehead atoms. The van der Waals surface area contributed by atoms with E-state index in [-0.39, 0.29) is 6.92 Å².